The van der Waals surface area contributed by atoms with Crippen LogP contribution in [0.25, 0.3) is 10.8 Å². The van der Waals surface area contributed by atoms with Gasteiger partial charge in [0.1, 0.15) is 12.3 Å². The summed E-state index contributed by atoms with van der Waals surface area (Å²) < 4.78 is 5.39. The fraction of sp³-hybridized carbons (Fsp3) is 0.357. The SMILES string of the molecule is CCCC1NC(=O)N(Cc2coc(-c3cccs3)n2)C1=O. The molecule has 1 atom stereocenters. The van der Waals surface area contributed by atoms with Crippen molar-refractivity contribution in [3.05, 3.63) is 29.5 Å². The largest absolute Gasteiger partial charge is 0.443 e. The first-order chi connectivity index (χ1) is 10.2. The third-order valence-corrected chi connectivity index (χ3v) is 4.15. The lowest BCUT2D eigenvalue weighted by molar-refractivity contribution is -0.128. The fourth-order valence-corrected chi connectivity index (χ4v) is 2.92. The second-order valence-electron chi connectivity index (χ2n) is 4.84. The van der Waals surface area contributed by atoms with Crippen LogP contribution in [-0.4, -0.2) is 27.9 Å². The molecule has 0 aromatic carbocycles. The van der Waals surface area contributed by atoms with Gasteiger partial charge in [-0.1, -0.05) is 19.4 Å². The summed E-state index contributed by atoms with van der Waals surface area (Å²) in [6, 6.07) is 3.05. The number of hydrogen-bond acceptors (Lipinski definition) is 5. The van der Waals surface area contributed by atoms with Crippen molar-refractivity contribution < 1.29 is 14.0 Å². The lowest BCUT2D eigenvalue weighted by Gasteiger charge is -2.10. The highest BCUT2D eigenvalue weighted by atomic mass is 32.1. The van der Waals surface area contributed by atoms with E-state index in [0.717, 1.165) is 11.3 Å². The predicted molar refractivity (Wildman–Crippen MR) is 77.6 cm³/mol. The first-order valence-electron chi connectivity index (χ1n) is 6.79. The van der Waals surface area contributed by atoms with Crippen LogP contribution < -0.4 is 5.32 Å². The van der Waals surface area contributed by atoms with Crippen molar-refractivity contribution >= 4 is 23.3 Å². The van der Waals surface area contributed by atoms with E-state index in [4.69, 9.17) is 4.42 Å². The van der Waals surface area contributed by atoms with Crippen molar-refractivity contribution in [3.8, 4) is 10.8 Å². The van der Waals surface area contributed by atoms with Crippen LogP contribution in [0.2, 0.25) is 0 Å². The van der Waals surface area contributed by atoms with Crippen LogP contribution in [0, 0.1) is 0 Å². The normalized spacial score (nSPS) is 18.3. The number of imide groups is 1. The van der Waals surface area contributed by atoms with Gasteiger partial charge in [-0.2, -0.15) is 0 Å². The monoisotopic (exact) mass is 305 g/mol. The van der Waals surface area contributed by atoms with Gasteiger partial charge >= 0.3 is 6.03 Å². The summed E-state index contributed by atoms with van der Waals surface area (Å²) in [6.07, 6.45) is 2.99. The Hall–Kier alpha value is -2.15. The molecule has 2 aromatic heterocycles. The Labute approximate surface area is 125 Å². The van der Waals surface area contributed by atoms with Crippen molar-refractivity contribution in [1.82, 2.24) is 15.2 Å². The van der Waals surface area contributed by atoms with Crippen molar-refractivity contribution in [1.29, 1.82) is 0 Å². The van der Waals surface area contributed by atoms with Crippen molar-refractivity contribution in [2.24, 2.45) is 0 Å². The number of carbonyl (C=O) groups is 2. The molecule has 21 heavy (non-hydrogen) atoms. The molecular formula is C14H15N3O3S. The second kappa shape index (κ2) is 5.69. The first-order valence-corrected chi connectivity index (χ1v) is 7.67. The number of oxazole rings is 1. The molecule has 110 valence electrons. The Balaban J connectivity index is 1.72. The van der Waals surface area contributed by atoms with Crippen LogP contribution in [0.4, 0.5) is 4.79 Å². The van der Waals surface area contributed by atoms with Gasteiger partial charge in [-0.15, -0.1) is 11.3 Å². The number of amides is 3. The van der Waals surface area contributed by atoms with Crippen LogP contribution in [-0.2, 0) is 11.3 Å². The van der Waals surface area contributed by atoms with Crippen LogP contribution in [0.5, 0.6) is 0 Å². The van der Waals surface area contributed by atoms with Crippen molar-refractivity contribution in [2.45, 2.75) is 32.4 Å². The molecular weight excluding hydrogens is 290 g/mol. The topological polar surface area (TPSA) is 75.4 Å². The van der Waals surface area contributed by atoms with Crippen LogP contribution in [0.15, 0.2) is 28.2 Å². The number of rotatable bonds is 5. The lowest BCUT2D eigenvalue weighted by atomic mass is 10.2. The Bertz CT molecular complexity index is 650. The van der Waals surface area contributed by atoms with Gasteiger partial charge in [0.25, 0.3) is 5.91 Å². The summed E-state index contributed by atoms with van der Waals surface area (Å²) in [4.78, 5) is 30.4. The molecule has 0 radical (unpaired) electrons. The maximum absolute atomic E-state index is 12.1. The third kappa shape index (κ3) is 2.69. The van der Waals surface area contributed by atoms with E-state index in [-0.39, 0.29) is 18.5 Å². The van der Waals surface area contributed by atoms with Gasteiger partial charge in [-0.25, -0.2) is 9.78 Å². The van der Waals surface area contributed by atoms with E-state index in [1.165, 1.54) is 22.5 Å². The highest BCUT2D eigenvalue weighted by molar-refractivity contribution is 7.13. The number of aromatic nitrogens is 1. The quantitative estimate of drug-likeness (QED) is 0.862. The Morgan fingerprint density at radius 2 is 2.33 bits per heavy atom. The molecule has 3 amide bonds. The Morgan fingerprint density at radius 3 is 3.05 bits per heavy atom. The predicted octanol–water partition coefficient (Wildman–Crippen LogP) is 2.62. The number of thiophene rings is 1. The highest BCUT2D eigenvalue weighted by Gasteiger charge is 2.37. The smallest absolute Gasteiger partial charge is 0.325 e. The summed E-state index contributed by atoms with van der Waals surface area (Å²) in [7, 11) is 0. The molecule has 1 aliphatic rings. The van der Waals surface area contributed by atoms with Gasteiger partial charge in [0.2, 0.25) is 5.89 Å². The molecule has 0 saturated carbocycles. The minimum atomic E-state index is -0.411. The standard InChI is InChI=1S/C14H15N3O3S/c1-2-4-10-13(18)17(14(19)16-10)7-9-8-20-12(15-9)11-5-3-6-21-11/h3,5-6,8,10H,2,4,7H2,1H3,(H,16,19). The Morgan fingerprint density at radius 1 is 1.48 bits per heavy atom. The lowest BCUT2D eigenvalue weighted by Crippen LogP contribution is -2.31. The van der Waals surface area contributed by atoms with Gasteiger partial charge in [0.15, 0.2) is 0 Å². The minimum Gasteiger partial charge on any atom is -0.443 e. The van der Waals surface area contributed by atoms with E-state index in [2.05, 4.69) is 10.3 Å². The summed E-state index contributed by atoms with van der Waals surface area (Å²) in [5.74, 6) is 0.319. The number of carbonyl (C=O) groups excluding carboxylic acids is 2. The highest BCUT2D eigenvalue weighted by Crippen LogP contribution is 2.24. The van der Waals surface area contributed by atoms with E-state index >= 15 is 0 Å². The maximum atomic E-state index is 12.1. The fourth-order valence-electron chi connectivity index (χ4n) is 2.27. The molecule has 6 nitrogen and oxygen atoms in total. The van der Waals surface area contributed by atoms with Gasteiger partial charge in [0.05, 0.1) is 17.1 Å². The van der Waals surface area contributed by atoms with E-state index < -0.39 is 6.04 Å². The van der Waals surface area contributed by atoms with Gasteiger partial charge in [-0.3, -0.25) is 9.69 Å². The molecule has 0 spiro atoms. The van der Waals surface area contributed by atoms with E-state index in [0.29, 0.717) is 18.0 Å². The average Bonchev–Trinajstić information content (AvgIpc) is 3.17. The number of hydrogen-bond donors (Lipinski definition) is 1. The molecule has 2 aromatic rings. The molecule has 7 heteroatoms. The molecule has 1 aliphatic heterocycles. The molecule has 3 rings (SSSR count). The first kappa shape index (κ1) is 13.8. The molecule has 0 aliphatic carbocycles. The van der Waals surface area contributed by atoms with Gasteiger partial charge in [0, 0.05) is 0 Å². The molecule has 1 saturated heterocycles. The molecule has 1 fully saturated rings. The number of nitrogens with zero attached hydrogens (tertiary/aromatic N) is 2. The molecule has 0 bridgehead atoms. The zero-order valence-corrected chi connectivity index (χ0v) is 12.4. The number of nitrogens with one attached hydrogen (secondary N) is 1. The summed E-state index contributed by atoms with van der Waals surface area (Å²) in [5.41, 5.74) is 0.569. The molecule has 3 heterocycles. The van der Waals surface area contributed by atoms with Crippen LogP contribution in [0.1, 0.15) is 25.5 Å². The summed E-state index contributed by atoms with van der Waals surface area (Å²) >= 11 is 1.52. The van der Waals surface area contributed by atoms with Crippen LogP contribution >= 0.6 is 11.3 Å². The summed E-state index contributed by atoms with van der Waals surface area (Å²) in [5, 5.41) is 4.63. The molecule has 1 unspecified atom stereocenters. The maximum Gasteiger partial charge on any atom is 0.325 e. The average molecular weight is 305 g/mol. The van der Waals surface area contributed by atoms with Gasteiger partial charge in [-0.05, 0) is 17.9 Å². The third-order valence-electron chi connectivity index (χ3n) is 3.29. The Kier molecular flexibility index (Phi) is 3.74. The number of urea groups is 1. The van der Waals surface area contributed by atoms with Gasteiger partial charge < -0.3 is 9.73 Å². The minimum absolute atomic E-state index is 0.139. The zero-order valence-electron chi connectivity index (χ0n) is 11.5. The second-order valence-corrected chi connectivity index (χ2v) is 5.78. The van der Waals surface area contributed by atoms with Crippen molar-refractivity contribution in [2.75, 3.05) is 0 Å². The molecule has 1 N–H and O–H groups in total. The van der Waals surface area contributed by atoms with Crippen molar-refractivity contribution in [3.63, 3.8) is 0 Å². The van der Waals surface area contributed by atoms with Crippen LogP contribution in [0.3, 0.4) is 0 Å². The van der Waals surface area contributed by atoms with E-state index in [1.807, 2.05) is 24.4 Å². The zero-order chi connectivity index (χ0) is 14.8. The van der Waals surface area contributed by atoms with E-state index in [1.54, 1.807) is 0 Å². The van der Waals surface area contributed by atoms with E-state index in [9.17, 15) is 9.59 Å². The summed E-state index contributed by atoms with van der Waals surface area (Å²) in [6.45, 7) is 2.12.